The van der Waals surface area contributed by atoms with Gasteiger partial charge in [-0.25, -0.2) is 0 Å². The van der Waals surface area contributed by atoms with E-state index in [1.54, 1.807) is 18.2 Å². The van der Waals surface area contributed by atoms with Gasteiger partial charge in [0, 0.05) is 6.07 Å². The van der Waals surface area contributed by atoms with E-state index in [2.05, 4.69) is 0 Å². The minimum Gasteiger partial charge on any atom is -0.458 e. The third-order valence-electron chi connectivity index (χ3n) is 2.49. The monoisotopic (exact) mass is 249 g/mol. The first-order valence-electron chi connectivity index (χ1n) is 5.26. The Bertz CT molecular complexity index is 563. The second kappa shape index (κ2) is 4.99. The molecule has 0 aliphatic rings. The first kappa shape index (κ1) is 12.3. The van der Waals surface area contributed by atoms with Crippen molar-refractivity contribution in [2.45, 2.75) is 6.10 Å². The average Bonchev–Trinajstić information content (AvgIpc) is 2.87. The average molecular weight is 249 g/mol. The van der Waals surface area contributed by atoms with Gasteiger partial charge in [0.2, 0.25) is 0 Å². The van der Waals surface area contributed by atoms with Crippen LogP contribution in [0, 0.1) is 10.1 Å². The lowest BCUT2D eigenvalue weighted by atomic mass is 10.1. The van der Waals surface area contributed by atoms with Gasteiger partial charge in [-0.2, -0.15) is 0 Å². The second-order valence-electron chi connectivity index (χ2n) is 3.67. The predicted octanol–water partition coefficient (Wildman–Crippen LogP) is 1.88. The van der Waals surface area contributed by atoms with Gasteiger partial charge in [-0.05, 0) is 18.2 Å². The summed E-state index contributed by atoms with van der Waals surface area (Å²) >= 11 is 0. The summed E-state index contributed by atoms with van der Waals surface area (Å²) in [5.74, 6) is 0.454. The van der Waals surface area contributed by atoms with Crippen molar-refractivity contribution in [2.24, 2.45) is 0 Å². The van der Waals surface area contributed by atoms with Crippen LogP contribution >= 0.6 is 0 Å². The van der Waals surface area contributed by atoms with Crippen LogP contribution in [0.4, 0.5) is 5.69 Å². The van der Waals surface area contributed by atoms with Crippen molar-refractivity contribution in [2.75, 3.05) is 6.61 Å². The number of hydrogen-bond donors (Lipinski definition) is 2. The zero-order valence-electron chi connectivity index (χ0n) is 9.31. The fourth-order valence-corrected chi connectivity index (χ4v) is 1.61. The molecule has 1 aromatic heterocycles. The van der Waals surface area contributed by atoms with Crippen LogP contribution in [0.5, 0.6) is 0 Å². The van der Waals surface area contributed by atoms with E-state index in [9.17, 15) is 15.2 Å². The standard InChI is InChI=1S/C12H11NO5/c14-7-10(15)12-6-5-11(18-12)8-3-1-2-4-9(8)13(16)17/h1-6,10,14-15H,7H2/t10-/m0/s1. The fraction of sp³-hybridized carbons (Fsp3) is 0.167. The van der Waals surface area contributed by atoms with E-state index >= 15 is 0 Å². The van der Waals surface area contributed by atoms with Gasteiger partial charge in [0.25, 0.3) is 5.69 Å². The highest BCUT2D eigenvalue weighted by Crippen LogP contribution is 2.32. The lowest BCUT2D eigenvalue weighted by molar-refractivity contribution is -0.384. The largest absolute Gasteiger partial charge is 0.458 e. The molecular weight excluding hydrogens is 238 g/mol. The molecule has 1 heterocycles. The van der Waals surface area contributed by atoms with Crippen LogP contribution in [0.1, 0.15) is 11.9 Å². The molecule has 0 amide bonds. The molecule has 0 bridgehead atoms. The van der Waals surface area contributed by atoms with E-state index in [-0.39, 0.29) is 17.2 Å². The summed E-state index contributed by atoms with van der Waals surface area (Å²) in [4.78, 5) is 10.4. The molecule has 0 fully saturated rings. The number of para-hydroxylation sites is 1. The molecule has 0 aliphatic heterocycles. The molecule has 94 valence electrons. The molecule has 2 aromatic rings. The van der Waals surface area contributed by atoms with Gasteiger partial charge in [-0.1, -0.05) is 12.1 Å². The molecule has 1 aromatic carbocycles. The smallest absolute Gasteiger partial charge is 0.280 e. The molecule has 0 saturated carbocycles. The normalized spacial score (nSPS) is 12.3. The van der Waals surface area contributed by atoms with E-state index < -0.39 is 17.6 Å². The molecular formula is C12H11NO5. The molecule has 0 saturated heterocycles. The number of aliphatic hydroxyl groups excluding tert-OH is 2. The fourth-order valence-electron chi connectivity index (χ4n) is 1.61. The molecule has 0 radical (unpaired) electrons. The quantitative estimate of drug-likeness (QED) is 0.637. The number of rotatable bonds is 4. The second-order valence-corrected chi connectivity index (χ2v) is 3.67. The highest BCUT2D eigenvalue weighted by molar-refractivity contribution is 5.69. The summed E-state index contributed by atoms with van der Waals surface area (Å²) in [6.45, 7) is -0.468. The number of benzene rings is 1. The Hall–Kier alpha value is -2.18. The Balaban J connectivity index is 2.43. The first-order chi connectivity index (χ1) is 8.63. The minimum absolute atomic E-state index is 0.0723. The summed E-state index contributed by atoms with van der Waals surface area (Å²) in [5, 5.41) is 29.0. The molecule has 6 heteroatoms. The van der Waals surface area contributed by atoms with Crippen LogP contribution in [0.15, 0.2) is 40.8 Å². The van der Waals surface area contributed by atoms with Crippen LogP contribution in [0.2, 0.25) is 0 Å². The Morgan fingerprint density at radius 1 is 1.28 bits per heavy atom. The molecule has 0 aliphatic carbocycles. The van der Waals surface area contributed by atoms with E-state index in [4.69, 9.17) is 9.52 Å². The van der Waals surface area contributed by atoms with Gasteiger partial charge in [0.05, 0.1) is 17.1 Å². The number of furan rings is 1. The number of nitrogens with zero attached hydrogens (tertiary/aromatic N) is 1. The Labute approximate surface area is 102 Å². The van der Waals surface area contributed by atoms with Crippen molar-refractivity contribution in [1.82, 2.24) is 0 Å². The molecule has 0 spiro atoms. The van der Waals surface area contributed by atoms with Crippen LogP contribution in [0.3, 0.4) is 0 Å². The minimum atomic E-state index is -1.12. The van der Waals surface area contributed by atoms with Crippen LogP contribution in [-0.2, 0) is 0 Å². The summed E-state index contributed by atoms with van der Waals surface area (Å²) in [5.41, 5.74) is 0.260. The zero-order chi connectivity index (χ0) is 13.1. The molecule has 2 rings (SSSR count). The highest BCUT2D eigenvalue weighted by Gasteiger charge is 2.18. The van der Waals surface area contributed by atoms with Crippen LogP contribution < -0.4 is 0 Å². The lowest BCUT2D eigenvalue weighted by Crippen LogP contribution is -2.00. The predicted molar refractivity (Wildman–Crippen MR) is 62.8 cm³/mol. The summed E-state index contributed by atoms with van der Waals surface area (Å²) in [6.07, 6.45) is -1.12. The van der Waals surface area contributed by atoms with Crippen molar-refractivity contribution < 1.29 is 19.6 Å². The number of nitro benzene ring substituents is 1. The molecule has 2 N–H and O–H groups in total. The van der Waals surface area contributed by atoms with Gasteiger partial charge in [0.1, 0.15) is 17.6 Å². The van der Waals surface area contributed by atoms with Crippen molar-refractivity contribution in [3.63, 3.8) is 0 Å². The molecule has 0 unspecified atom stereocenters. The Kier molecular flexibility index (Phi) is 3.40. The Morgan fingerprint density at radius 2 is 2.00 bits per heavy atom. The number of hydrogen-bond acceptors (Lipinski definition) is 5. The van der Waals surface area contributed by atoms with Gasteiger partial charge in [0.15, 0.2) is 0 Å². The maximum atomic E-state index is 10.9. The SMILES string of the molecule is O=[N+]([O-])c1ccccc1-c1ccc([C@@H](O)CO)o1. The third-order valence-corrected chi connectivity index (χ3v) is 2.49. The third kappa shape index (κ3) is 2.24. The van der Waals surface area contributed by atoms with Gasteiger partial charge in [-0.15, -0.1) is 0 Å². The molecule has 1 atom stereocenters. The van der Waals surface area contributed by atoms with Crippen molar-refractivity contribution in [3.8, 4) is 11.3 Å². The number of aliphatic hydroxyl groups is 2. The van der Waals surface area contributed by atoms with E-state index in [1.807, 2.05) is 0 Å². The van der Waals surface area contributed by atoms with Gasteiger partial charge in [-0.3, -0.25) is 10.1 Å². The van der Waals surface area contributed by atoms with Crippen LogP contribution in [0.25, 0.3) is 11.3 Å². The topological polar surface area (TPSA) is 96.7 Å². The maximum Gasteiger partial charge on any atom is 0.280 e. The van der Waals surface area contributed by atoms with Gasteiger partial charge < -0.3 is 14.6 Å². The van der Waals surface area contributed by atoms with E-state index in [1.165, 1.54) is 18.2 Å². The molecule has 6 nitrogen and oxygen atoms in total. The van der Waals surface area contributed by atoms with E-state index in [0.717, 1.165) is 0 Å². The summed E-state index contributed by atoms with van der Waals surface area (Å²) < 4.78 is 5.30. The van der Waals surface area contributed by atoms with Crippen molar-refractivity contribution >= 4 is 5.69 Å². The Morgan fingerprint density at radius 3 is 2.67 bits per heavy atom. The van der Waals surface area contributed by atoms with Crippen LogP contribution in [-0.4, -0.2) is 21.7 Å². The van der Waals surface area contributed by atoms with Crippen molar-refractivity contribution in [3.05, 3.63) is 52.3 Å². The lowest BCUT2D eigenvalue weighted by Gasteiger charge is -2.02. The zero-order valence-corrected chi connectivity index (χ0v) is 9.31. The van der Waals surface area contributed by atoms with Gasteiger partial charge >= 0.3 is 0 Å². The first-order valence-corrected chi connectivity index (χ1v) is 5.26. The number of nitro groups is 1. The molecule has 18 heavy (non-hydrogen) atoms. The maximum absolute atomic E-state index is 10.9. The van der Waals surface area contributed by atoms with Crippen molar-refractivity contribution in [1.29, 1.82) is 0 Å². The summed E-state index contributed by atoms with van der Waals surface area (Å²) in [6, 6.07) is 9.16. The van der Waals surface area contributed by atoms with E-state index in [0.29, 0.717) is 5.56 Å². The summed E-state index contributed by atoms with van der Waals surface area (Å²) in [7, 11) is 0. The highest BCUT2D eigenvalue weighted by atomic mass is 16.6.